The van der Waals surface area contributed by atoms with Crippen LogP contribution >= 0.6 is 23.2 Å². The molecule has 5 heterocycles. The lowest BCUT2D eigenvalue weighted by atomic mass is 10.0. The number of nitrogens with zero attached hydrogens (tertiary/aromatic N) is 5. The average Bonchev–Trinajstić information content (AvgIpc) is 3.77. The summed E-state index contributed by atoms with van der Waals surface area (Å²) in [5.41, 5.74) is 8.92. The van der Waals surface area contributed by atoms with Gasteiger partial charge in [0.15, 0.2) is 11.6 Å². The molecule has 14 nitrogen and oxygen atoms in total. The number of hydrogen-bond donors (Lipinski definition) is 3. The number of nitrogen functional groups attached to an aromatic ring is 1. The van der Waals surface area contributed by atoms with Gasteiger partial charge in [-0.2, -0.15) is 5.10 Å². The van der Waals surface area contributed by atoms with Gasteiger partial charge >= 0.3 is 0 Å². The van der Waals surface area contributed by atoms with Crippen LogP contribution in [0.4, 0.5) is 15.9 Å². The molecule has 2 fully saturated rings. The van der Waals surface area contributed by atoms with Crippen molar-refractivity contribution >= 4 is 64.2 Å². The Morgan fingerprint density at radius 1 is 1.04 bits per heavy atom. The molecule has 0 saturated carbocycles. The smallest absolute Gasteiger partial charge is 0.264 e. The molecule has 0 spiro atoms. The number of amides is 5. The highest BCUT2D eigenvalue weighted by Gasteiger charge is 2.45. The second-order valence-electron chi connectivity index (χ2n) is 13.6. The highest BCUT2D eigenvalue weighted by Crippen LogP contribution is 2.34. The Labute approximate surface area is 325 Å². The summed E-state index contributed by atoms with van der Waals surface area (Å²) in [5.74, 6) is -2.22. The van der Waals surface area contributed by atoms with Crippen LogP contribution < -0.4 is 21.1 Å². The summed E-state index contributed by atoms with van der Waals surface area (Å²) in [7, 11) is 0. The third-order valence-electron chi connectivity index (χ3n) is 10.1. The Bertz CT molecular complexity index is 2190. The van der Waals surface area contributed by atoms with Crippen molar-refractivity contribution in [2.75, 3.05) is 37.3 Å². The van der Waals surface area contributed by atoms with Gasteiger partial charge in [0.2, 0.25) is 17.7 Å². The van der Waals surface area contributed by atoms with Gasteiger partial charge in [0, 0.05) is 73.1 Å². The zero-order valence-electron chi connectivity index (χ0n) is 29.5. The Hall–Kier alpha value is -5.54. The molecule has 5 amide bonds. The fourth-order valence-electron chi connectivity index (χ4n) is 7.14. The summed E-state index contributed by atoms with van der Waals surface area (Å²) in [6.07, 6.45) is 7.94. The van der Waals surface area contributed by atoms with Crippen LogP contribution in [0.15, 0.2) is 55.0 Å². The summed E-state index contributed by atoms with van der Waals surface area (Å²) in [5, 5.41) is 10.3. The van der Waals surface area contributed by atoms with Gasteiger partial charge < -0.3 is 20.7 Å². The molecule has 0 aliphatic carbocycles. The van der Waals surface area contributed by atoms with Gasteiger partial charge in [-0.25, -0.2) is 9.37 Å². The molecule has 4 N–H and O–H groups in total. The minimum absolute atomic E-state index is 0.0254. The van der Waals surface area contributed by atoms with E-state index in [2.05, 4.69) is 20.7 Å². The highest BCUT2D eigenvalue weighted by atomic mass is 35.5. The van der Waals surface area contributed by atoms with Gasteiger partial charge in [-0.05, 0) is 61.6 Å². The van der Waals surface area contributed by atoms with Crippen LogP contribution in [0.1, 0.15) is 70.8 Å². The molecule has 1 atom stereocenters. The molecule has 0 radical (unpaired) electrons. The summed E-state index contributed by atoms with van der Waals surface area (Å²) in [6, 6.07) is 8.37. The predicted octanol–water partition coefficient (Wildman–Crippen LogP) is 5.05. The largest absolute Gasteiger partial charge is 0.489 e. The van der Waals surface area contributed by atoms with E-state index < -0.39 is 35.5 Å². The lowest BCUT2D eigenvalue weighted by Crippen LogP contribution is -2.54. The van der Waals surface area contributed by atoms with E-state index in [1.54, 1.807) is 36.7 Å². The van der Waals surface area contributed by atoms with Crippen molar-refractivity contribution in [3.8, 4) is 16.9 Å². The monoisotopic (exact) mass is 790 g/mol. The number of pyridine rings is 1. The fraction of sp³-hybridized carbons (Fsp3) is 0.342. The van der Waals surface area contributed by atoms with Crippen LogP contribution in [0.5, 0.6) is 5.75 Å². The second-order valence-corrected chi connectivity index (χ2v) is 14.3. The Balaban J connectivity index is 0.877. The number of likely N-dealkylation sites (tertiary alicyclic amines) is 1. The van der Waals surface area contributed by atoms with Gasteiger partial charge in [-0.15, -0.1) is 0 Å². The number of benzene rings is 2. The number of ether oxygens (including phenoxy) is 1. The number of anilines is 2. The lowest BCUT2D eigenvalue weighted by Gasteiger charge is -2.32. The minimum atomic E-state index is -1.04. The first-order chi connectivity index (χ1) is 26.5. The molecule has 2 aromatic heterocycles. The maximum Gasteiger partial charge on any atom is 0.264 e. The van der Waals surface area contributed by atoms with Crippen LogP contribution in [-0.4, -0.2) is 86.4 Å². The molecule has 7 rings (SSSR count). The van der Waals surface area contributed by atoms with Crippen molar-refractivity contribution in [2.45, 2.75) is 57.0 Å². The van der Waals surface area contributed by atoms with E-state index in [9.17, 15) is 28.4 Å². The van der Waals surface area contributed by atoms with E-state index in [1.165, 1.54) is 12.1 Å². The van der Waals surface area contributed by atoms with Crippen LogP contribution in [0.2, 0.25) is 10.0 Å². The number of nitrogens with two attached hydrogens (primary N) is 1. The van der Waals surface area contributed by atoms with E-state index in [1.807, 2.05) is 15.8 Å². The van der Waals surface area contributed by atoms with E-state index in [-0.39, 0.29) is 59.8 Å². The number of aromatic nitrogens is 3. The van der Waals surface area contributed by atoms with Gasteiger partial charge in [0.25, 0.3) is 11.8 Å². The van der Waals surface area contributed by atoms with Gasteiger partial charge in [-0.3, -0.25) is 38.9 Å². The zero-order chi connectivity index (χ0) is 38.8. The van der Waals surface area contributed by atoms with Crippen molar-refractivity contribution in [2.24, 2.45) is 0 Å². The molecule has 17 heteroatoms. The van der Waals surface area contributed by atoms with Crippen molar-refractivity contribution in [1.29, 1.82) is 0 Å². The number of halogens is 3. The van der Waals surface area contributed by atoms with E-state index in [4.69, 9.17) is 33.7 Å². The molecule has 55 heavy (non-hydrogen) atoms. The van der Waals surface area contributed by atoms with Crippen LogP contribution in [0.3, 0.4) is 0 Å². The van der Waals surface area contributed by atoms with Crippen LogP contribution in [0.25, 0.3) is 11.1 Å². The summed E-state index contributed by atoms with van der Waals surface area (Å²) >= 11 is 12.3. The first kappa shape index (κ1) is 37.8. The van der Waals surface area contributed by atoms with Gasteiger partial charge in [-0.1, -0.05) is 29.3 Å². The Kier molecular flexibility index (Phi) is 11.0. The van der Waals surface area contributed by atoms with Crippen molar-refractivity contribution < 1.29 is 33.1 Å². The Morgan fingerprint density at radius 2 is 1.84 bits per heavy atom. The molecule has 2 saturated heterocycles. The zero-order valence-corrected chi connectivity index (χ0v) is 31.0. The van der Waals surface area contributed by atoms with Crippen LogP contribution in [-0.2, 0) is 20.8 Å². The quantitative estimate of drug-likeness (QED) is 0.0998. The summed E-state index contributed by atoms with van der Waals surface area (Å²) < 4.78 is 21.7. The lowest BCUT2D eigenvalue weighted by molar-refractivity contribution is -0.136. The number of rotatable bonds is 12. The summed E-state index contributed by atoms with van der Waals surface area (Å²) in [6.45, 7) is 1.69. The maximum atomic E-state index is 13.9. The number of fused-ring (bicyclic) bond motifs is 1. The highest BCUT2D eigenvalue weighted by molar-refractivity contribution is 6.36. The molecule has 3 aliphatic rings. The second kappa shape index (κ2) is 16.1. The number of piperidine rings is 2. The number of carbonyl (C=O) groups is 5. The first-order valence-corrected chi connectivity index (χ1v) is 18.7. The molecule has 0 unspecified atom stereocenters. The molecule has 4 aromatic rings. The fourth-order valence-corrected chi connectivity index (χ4v) is 7.70. The predicted molar refractivity (Wildman–Crippen MR) is 201 cm³/mol. The Morgan fingerprint density at radius 3 is 2.62 bits per heavy atom. The normalized spacial score (nSPS) is 17.4. The van der Waals surface area contributed by atoms with E-state index >= 15 is 0 Å². The topological polar surface area (TPSA) is 182 Å². The minimum Gasteiger partial charge on any atom is -0.489 e. The third-order valence-corrected chi connectivity index (χ3v) is 10.9. The molecule has 3 aliphatic heterocycles. The SMILES string of the molecule is Nc1ncc(-c2cnn(C3CCN(C(=O)CCCNc4cccc5c4C(=O)N([C@@H]4CCC(=O)NC4=O)C5=O)CC3)c2)cc1OCCc1c(Cl)ccc(F)c1Cl. The molecule has 0 bridgehead atoms. The molecule has 2 aromatic carbocycles. The molecule has 286 valence electrons. The standard InChI is InChI=1S/C38H37Cl2FN8O6/c39-26-6-7-27(41)34(40)24(26)12-16-55-30-17-21(18-44-35(30)42)22-19-45-48(20-22)23-10-14-47(15-11-23)32(51)5-2-13-43-28-4-1-3-25-33(28)38(54)49(37(25)53)29-8-9-31(50)46-36(29)52/h1,3-4,6-7,17-20,23,29,43H,2,5,8-16H2,(H2,42,44)(H,46,50,52)/t29-/m1/s1. The van der Waals surface area contributed by atoms with E-state index in [0.717, 1.165) is 28.9 Å². The van der Waals surface area contributed by atoms with Crippen molar-refractivity contribution in [3.63, 3.8) is 0 Å². The first-order valence-electron chi connectivity index (χ1n) is 17.9. The molecular formula is C38H37Cl2FN8O6. The number of nitrogens with one attached hydrogen (secondary N) is 2. The van der Waals surface area contributed by atoms with Crippen molar-refractivity contribution in [1.82, 2.24) is 29.9 Å². The average molecular weight is 792 g/mol. The molecular weight excluding hydrogens is 754 g/mol. The van der Waals surface area contributed by atoms with Gasteiger partial charge in [0.05, 0.1) is 35.0 Å². The summed E-state index contributed by atoms with van der Waals surface area (Å²) in [4.78, 5) is 70.6. The third kappa shape index (κ3) is 7.85. The van der Waals surface area contributed by atoms with E-state index in [0.29, 0.717) is 54.5 Å². The number of carbonyl (C=O) groups excluding carboxylic acids is 5. The number of hydrogen-bond acceptors (Lipinski definition) is 10. The maximum absolute atomic E-state index is 13.9. The van der Waals surface area contributed by atoms with Crippen molar-refractivity contribution in [3.05, 3.63) is 87.5 Å². The number of imide groups is 2. The van der Waals surface area contributed by atoms with Crippen LogP contribution in [0, 0.1) is 5.82 Å². The van der Waals surface area contributed by atoms with Gasteiger partial charge in [0.1, 0.15) is 11.9 Å².